The predicted molar refractivity (Wildman–Crippen MR) is 95.8 cm³/mol. The molecule has 1 aliphatic heterocycles. The van der Waals surface area contributed by atoms with Crippen molar-refractivity contribution >= 4 is 11.7 Å². The first-order valence-electron chi connectivity index (χ1n) is 8.59. The number of nitrogens with zero attached hydrogens (tertiary/aromatic N) is 4. The Morgan fingerprint density at radius 3 is 2.50 bits per heavy atom. The van der Waals surface area contributed by atoms with E-state index in [9.17, 15) is 4.79 Å². The second kappa shape index (κ2) is 6.99. The van der Waals surface area contributed by atoms with Crippen LogP contribution in [0.3, 0.4) is 0 Å². The smallest absolute Gasteiger partial charge is 0.219 e. The zero-order valence-corrected chi connectivity index (χ0v) is 14.6. The van der Waals surface area contributed by atoms with Crippen molar-refractivity contribution in [3.8, 4) is 11.4 Å². The van der Waals surface area contributed by atoms with Crippen LogP contribution >= 0.6 is 0 Å². The van der Waals surface area contributed by atoms with Crippen molar-refractivity contribution in [3.05, 3.63) is 41.6 Å². The number of fused-ring (bicyclic) bond motifs is 1. The van der Waals surface area contributed by atoms with Crippen molar-refractivity contribution in [2.45, 2.75) is 33.7 Å². The van der Waals surface area contributed by atoms with E-state index in [4.69, 9.17) is 9.97 Å². The molecular weight excluding hydrogens is 300 g/mol. The highest BCUT2D eigenvalue weighted by Gasteiger charge is 2.25. The lowest BCUT2D eigenvalue weighted by atomic mass is 10.0. The Hall–Kier alpha value is -2.43. The highest BCUT2D eigenvalue weighted by Crippen LogP contribution is 2.29. The van der Waals surface area contributed by atoms with Crippen LogP contribution in [0.4, 0.5) is 5.82 Å². The van der Waals surface area contributed by atoms with Crippen LogP contribution in [-0.4, -0.2) is 40.4 Å². The average molecular weight is 324 g/mol. The molecule has 0 fully saturated rings. The summed E-state index contributed by atoms with van der Waals surface area (Å²) < 4.78 is 0. The lowest BCUT2D eigenvalue weighted by molar-refractivity contribution is -0.129. The summed E-state index contributed by atoms with van der Waals surface area (Å²) in [5, 5.41) is 0. The van der Waals surface area contributed by atoms with Crippen molar-refractivity contribution in [2.75, 3.05) is 24.5 Å². The van der Waals surface area contributed by atoms with Crippen LogP contribution in [0, 0.1) is 0 Å². The van der Waals surface area contributed by atoms with E-state index in [1.807, 2.05) is 35.2 Å². The Morgan fingerprint density at radius 1 is 1.17 bits per heavy atom. The fourth-order valence-corrected chi connectivity index (χ4v) is 3.17. The average Bonchev–Trinajstić information content (AvgIpc) is 2.62. The number of anilines is 1. The molecule has 0 radical (unpaired) electrons. The number of hydrogen-bond acceptors (Lipinski definition) is 4. The summed E-state index contributed by atoms with van der Waals surface area (Å²) in [5.74, 6) is 1.85. The number of hydrogen-bond donors (Lipinski definition) is 0. The second-order valence-electron chi connectivity index (χ2n) is 6.02. The minimum Gasteiger partial charge on any atom is -0.357 e. The molecule has 0 atom stereocenters. The van der Waals surface area contributed by atoms with Crippen molar-refractivity contribution in [1.29, 1.82) is 0 Å². The molecule has 3 rings (SSSR count). The Balaban J connectivity index is 2.11. The molecule has 2 heterocycles. The van der Waals surface area contributed by atoms with Gasteiger partial charge in [-0.2, -0.15) is 0 Å². The Labute approximate surface area is 143 Å². The van der Waals surface area contributed by atoms with Gasteiger partial charge in [0.2, 0.25) is 5.91 Å². The van der Waals surface area contributed by atoms with E-state index >= 15 is 0 Å². The van der Waals surface area contributed by atoms with Gasteiger partial charge in [0.25, 0.3) is 0 Å². The van der Waals surface area contributed by atoms with Gasteiger partial charge in [-0.1, -0.05) is 30.3 Å². The van der Waals surface area contributed by atoms with Gasteiger partial charge in [-0.25, -0.2) is 9.97 Å². The third-order valence-electron chi connectivity index (χ3n) is 4.58. The van der Waals surface area contributed by atoms with E-state index in [1.54, 1.807) is 6.92 Å². The third-order valence-corrected chi connectivity index (χ3v) is 4.58. The van der Waals surface area contributed by atoms with Gasteiger partial charge < -0.3 is 9.80 Å². The SMILES string of the molecule is CCN(CC)c1nc(-c2ccccc2)nc2c1CN(C(C)=O)CC2. The van der Waals surface area contributed by atoms with E-state index in [0.29, 0.717) is 6.54 Å². The molecule has 0 spiro atoms. The molecule has 1 aromatic carbocycles. The first-order chi connectivity index (χ1) is 11.6. The van der Waals surface area contributed by atoms with Crippen LogP contribution in [0.2, 0.25) is 0 Å². The molecular formula is C19H24N4O. The van der Waals surface area contributed by atoms with Gasteiger partial charge in [-0.15, -0.1) is 0 Å². The van der Waals surface area contributed by atoms with Crippen molar-refractivity contribution in [3.63, 3.8) is 0 Å². The summed E-state index contributed by atoms with van der Waals surface area (Å²) in [7, 11) is 0. The summed E-state index contributed by atoms with van der Waals surface area (Å²) >= 11 is 0. The monoisotopic (exact) mass is 324 g/mol. The van der Waals surface area contributed by atoms with Gasteiger partial charge in [0.1, 0.15) is 5.82 Å². The largest absolute Gasteiger partial charge is 0.357 e. The van der Waals surface area contributed by atoms with E-state index in [1.165, 1.54) is 0 Å². The Morgan fingerprint density at radius 2 is 1.88 bits per heavy atom. The molecule has 0 saturated carbocycles. The number of aromatic nitrogens is 2. The van der Waals surface area contributed by atoms with Crippen molar-refractivity contribution in [2.24, 2.45) is 0 Å². The molecule has 1 aromatic heterocycles. The van der Waals surface area contributed by atoms with E-state index in [-0.39, 0.29) is 5.91 Å². The number of amides is 1. The van der Waals surface area contributed by atoms with E-state index in [2.05, 4.69) is 18.7 Å². The van der Waals surface area contributed by atoms with Crippen LogP contribution in [0.1, 0.15) is 32.0 Å². The van der Waals surface area contributed by atoms with Gasteiger partial charge in [0, 0.05) is 44.1 Å². The normalized spacial score (nSPS) is 13.5. The highest BCUT2D eigenvalue weighted by atomic mass is 16.2. The van der Waals surface area contributed by atoms with Gasteiger partial charge >= 0.3 is 0 Å². The Kier molecular flexibility index (Phi) is 4.79. The molecule has 126 valence electrons. The number of benzene rings is 1. The first kappa shape index (κ1) is 16.4. The molecule has 0 N–H and O–H groups in total. The molecule has 5 heteroatoms. The van der Waals surface area contributed by atoms with Crippen molar-refractivity contribution < 1.29 is 4.79 Å². The number of rotatable bonds is 4. The molecule has 1 amide bonds. The molecule has 24 heavy (non-hydrogen) atoms. The van der Waals surface area contributed by atoms with Crippen LogP contribution in [0.15, 0.2) is 30.3 Å². The van der Waals surface area contributed by atoms with Gasteiger partial charge in [0.05, 0.1) is 12.2 Å². The lowest BCUT2D eigenvalue weighted by Crippen LogP contribution is -2.37. The topological polar surface area (TPSA) is 49.3 Å². The fourth-order valence-electron chi connectivity index (χ4n) is 3.17. The summed E-state index contributed by atoms with van der Waals surface area (Å²) in [4.78, 5) is 25.6. The maximum absolute atomic E-state index is 11.8. The maximum atomic E-state index is 11.8. The summed E-state index contributed by atoms with van der Waals surface area (Å²) in [6, 6.07) is 10.1. The van der Waals surface area contributed by atoms with Crippen LogP contribution < -0.4 is 4.90 Å². The molecule has 0 saturated heterocycles. The molecule has 5 nitrogen and oxygen atoms in total. The van der Waals surface area contributed by atoms with Crippen LogP contribution in [0.25, 0.3) is 11.4 Å². The molecule has 2 aromatic rings. The number of carbonyl (C=O) groups is 1. The fraction of sp³-hybridized carbons (Fsp3) is 0.421. The Bertz CT molecular complexity index is 726. The summed E-state index contributed by atoms with van der Waals surface area (Å²) in [6.07, 6.45) is 0.783. The zero-order chi connectivity index (χ0) is 17.1. The lowest BCUT2D eigenvalue weighted by Gasteiger charge is -2.32. The molecule has 0 unspecified atom stereocenters. The van der Waals surface area contributed by atoms with Gasteiger partial charge in [-0.05, 0) is 13.8 Å². The molecule has 1 aliphatic rings. The van der Waals surface area contributed by atoms with E-state index < -0.39 is 0 Å². The predicted octanol–water partition coefficient (Wildman–Crippen LogP) is 2.89. The molecule has 0 aliphatic carbocycles. The third kappa shape index (κ3) is 3.11. The van der Waals surface area contributed by atoms with Crippen molar-refractivity contribution in [1.82, 2.24) is 14.9 Å². The quantitative estimate of drug-likeness (QED) is 0.868. The minimum atomic E-state index is 0.110. The van der Waals surface area contributed by atoms with Crippen LogP contribution in [0.5, 0.6) is 0 Å². The van der Waals surface area contributed by atoms with E-state index in [0.717, 1.165) is 54.5 Å². The number of carbonyl (C=O) groups excluding carboxylic acids is 1. The maximum Gasteiger partial charge on any atom is 0.219 e. The standard InChI is InChI=1S/C19H24N4O/c1-4-22(5-2)19-16-13-23(14(3)24)12-11-17(16)20-18(21-19)15-9-7-6-8-10-15/h6-10H,4-5,11-13H2,1-3H3. The first-order valence-corrected chi connectivity index (χ1v) is 8.59. The van der Waals surface area contributed by atoms with Gasteiger partial charge in [-0.3, -0.25) is 4.79 Å². The second-order valence-corrected chi connectivity index (χ2v) is 6.02. The highest BCUT2D eigenvalue weighted by molar-refractivity contribution is 5.74. The summed E-state index contributed by atoms with van der Waals surface area (Å²) in [6.45, 7) is 8.98. The van der Waals surface area contributed by atoms with Crippen LogP contribution in [-0.2, 0) is 17.8 Å². The zero-order valence-electron chi connectivity index (χ0n) is 14.6. The van der Waals surface area contributed by atoms with Gasteiger partial charge in [0.15, 0.2) is 5.82 Å². The summed E-state index contributed by atoms with van der Waals surface area (Å²) in [5.41, 5.74) is 3.20. The molecule has 0 bridgehead atoms. The minimum absolute atomic E-state index is 0.110.